The maximum atomic E-state index is 9.92. The Hall–Kier alpha value is -0.200. The quantitative estimate of drug-likeness (QED) is 0.536. The van der Waals surface area contributed by atoms with Crippen molar-refractivity contribution in [3.8, 4) is 0 Å². The summed E-state index contributed by atoms with van der Waals surface area (Å²) in [5.41, 5.74) is 0. The molecule has 0 saturated carbocycles. The molecule has 0 spiro atoms. The van der Waals surface area contributed by atoms with Gasteiger partial charge in [0.15, 0.2) is 0 Å². The highest BCUT2D eigenvalue weighted by Crippen LogP contribution is 2.22. The lowest BCUT2D eigenvalue weighted by Gasteiger charge is -2.42. The third-order valence-electron chi connectivity index (χ3n) is 2.75. The van der Waals surface area contributed by atoms with Crippen molar-refractivity contribution in [1.29, 1.82) is 0 Å². The van der Waals surface area contributed by atoms with Crippen molar-refractivity contribution >= 4 is 0 Å². The van der Waals surface area contributed by atoms with Gasteiger partial charge in [0.05, 0.1) is 18.8 Å². The summed E-state index contributed by atoms with van der Waals surface area (Å²) in [7, 11) is 3.27. The van der Waals surface area contributed by atoms with E-state index in [1.807, 2.05) is 6.92 Å². The smallest absolute Gasteiger partial charge is 0.113 e. The molecule has 1 aliphatic heterocycles. The van der Waals surface area contributed by atoms with Gasteiger partial charge in [-0.25, -0.2) is 0 Å². The predicted molar refractivity (Wildman–Crippen MR) is 51.1 cm³/mol. The Labute approximate surface area is 84.0 Å². The molecule has 0 bridgehead atoms. The minimum absolute atomic E-state index is 0.140. The Morgan fingerprint density at radius 2 is 2.14 bits per heavy atom. The number of nitrogens with one attached hydrogen (secondary N) is 1. The fraction of sp³-hybridized carbons (Fsp3) is 1.00. The average Bonchev–Trinajstić information content (AvgIpc) is 2.17. The van der Waals surface area contributed by atoms with Crippen molar-refractivity contribution in [2.75, 3.05) is 20.8 Å². The lowest BCUT2D eigenvalue weighted by atomic mass is 9.93. The Morgan fingerprint density at radius 3 is 2.57 bits per heavy atom. The Balaban J connectivity index is 2.72. The summed E-state index contributed by atoms with van der Waals surface area (Å²) in [5.74, 6) is 0. The lowest BCUT2D eigenvalue weighted by molar-refractivity contribution is -0.197. The maximum Gasteiger partial charge on any atom is 0.113 e. The van der Waals surface area contributed by atoms with Gasteiger partial charge in [-0.05, 0) is 14.0 Å². The monoisotopic (exact) mass is 205 g/mol. The van der Waals surface area contributed by atoms with Crippen LogP contribution < -0.4 is 5.32 Å². The van der Waals surface area contributed by atoms with Crippen molar-refractivity contribution in [2.45, 2.75) is 37.4 Å². The van der Waals surface area contributed by atoms with Gasteiger partial charge in [-0.3, -0.25) is 0 Å². The van der Waals surface area contributed by atoms with Crippen molar-refractivity contribution in [3.05, 3.63) is 0 Å². The zero-order valence-corrected chi connectivity index (χ0v) is 8.80. The SMILES string of the molecule is CNC1C(C)OC(CO)C(OC)C1O. The molecular weight excluding hydrogens is 186 g/mol. The van der Waals surface area contributed by atoms with Gasteiger partial charge in [-0.1, -0.05) is 0 Å². The van der Waals surface area contributed by atoms with Crippen molar-refractivity contribution in [3.63, 3.8) is 0 Å². The fourth-order valence-electron chi connectivity index (χ4n) is 1.98. The lowest BCUT2D eigenvalue weighted by Crippen LogP contribution is -2.62. The average molecular weight is 205 g/mol. The van der Waals surface area contributed by atoms with Gasteiger partial charge in [0.2, 0.25) is 0 Å². The summed E-state index contributed by atoms with van der Waals surface area (Å²) >= 11 is 0. The van der Waals surface area contributed by atoms with E-state index in [4.69, 9.17) is 14.6 Å². The highest BCUT2D eigenvalue weighted by Gasteiger charge is 2.42. The van der Waals surface area contributed by atoms with Gasteiger partial charge in [0, 0.05) is 7.11 Å². The van der Waals surface area contributed by atoms with Crippen LogP contribution in [0.1, 0.15) is 6.92 Å². The molecule has 0 aromatic carbocycles. The Bertz CT molecular complexity index is 178. The van der Waals surface area contributed by atoms with Crippen molar-refractivity contribution in [1.82, 2.24) is 5.32 Å². The molecule has 1 rings (SSSR count). The zero-order valence-electron chi connectivity index (χ0n) is 8.80. The minimum Gasteiger partial charge on any atom is -0.394 e. The molecule has 14 heavy (non-hydrogen) atoms. The second-order valence-electron chi connectivity index (χ2n) is 3.57. The van der Waals surface area contributed by atoms with Crippen LogP contribution in [-0.4, -0.2) is 61.4 Å². The Kier molecular flexibility index (Phi) is 4.28. The third kappa shape index (κ3) is 2.07. The standard InChI is InChI=1S/C9H19NO4/c1-5-7(10-2)8(12)9(13-3)6(4-11)14-5/h5-12H,4H2,1-3H3. The van der Waals surface area contributed by atoms with E-state index in [0.29, 0.717) is 0 Å². The van der Waals surface area contributed by atoms with Crippen LogP contribution in [0.5, 0.6) is 0 Å². The van der Waals surface area contributed by atoms with Crippen molar-refractivity contribution in [2.24, 2.45) is 0 Å². The Morgan fingerprint density at radius 1 is 1.50 bits per heavy atom. The number of methoxy groups -OCH3 is 1. The van der Waals surface area contributed by atoms with Gasteiger partial charge in [0.1, 0.15) is 18.3 Å². The molecule has 5 atom stereocenters. The molecular formula is C9H19NO4. The number of ether oxygens (including phenoxy) is 2. The predicted octanol–water partition coefficient (Wildman–Crippen LogP) is -1.27. The first-order valence-electron chi connectivity index (χ1n) is 4.80. The number of aliphatic hydroxyl groups is 2. The summed E-state index contributed by atoms with van der Waals surface area (Å²) in [6, 6.07) is -0.164. The van der Waals surface area contributed by atoms with Gasteiger partial charge < -0.3 is 25.0 Å². The maximum absolute atomic E-state index is 9.92. The van der Waals surface area contributed by atoms with E-state index in [-0.39, 0.29) is 18.8 Å². The number of rotatable bonds is 3. The summed E-state index contributed by atoms with van der Waals surface area (Å²) < 4.78 is 10.6. The normalized spacial score (nSPS) is 43.9. The molecule has 1 aliphatic rings. The van der Waals surface area contributed by atoms with Gasteiger partial charge in [0.25, 0.3) is 0 Å². The number of hydrogen-bond acceptors (Lipinski definition) is 5. The molecule has 0 amide bonds. The van der Waals surface area contributed by atoms with E-state index in [2.05, 4.69) is 5.32 Å². The first-order valence-corrected chi connectivity index (χ1v) is 4.80. The molecule has 0 aliphatic carbocycles. The molecule has 1 heterocycles. The van der Waals surface area contributed by atoms with Gasteiger partial charge >= 0.3 is 0 Å². The van der Waals surface area contributed by atoms with Crippen LogP contribution in [0.2, 0.25) is 0 Å². The zero-order chi connectivity index (χ0) is 10.7. The molecule has 3 N–H and O–H groups in total. The van der Waals surface area contributed by atoms with E-state index in [0.717, 1.165) is 0 Å². The van der Waals surface area contributed by atoms with Crippen LogP contribution in [0.4, 0.5) is 0 Å². The molecule has 0 aromatic rings. The highest BCUT2D eigenvalue weighted by atomic mass is 16.6. The topological polar surface area (TPSA) is 71.0 Å². The van der Waals surface area contributed by atoms with Gasteiger partial charge in [-0.2, -0.15) is 0 Å². The molecule has 5 unspecified atom stereocenters. The number of aliphatic hydroxyl groups excluding tert-OH is 2. The largest absolute Gasteiger partial charge is 0.394 e. The molecule has 0 radical (unpaired) electrons. The van der Waals surface area contributed by atoms with Crippen LogP contribution >= 0.6 is 0 Å². The molecule has 84 valence electrons. The first-order chi connectivity index (χ1) is 6.65. The summed E-state index contributed by atoms with van der Waals surface area (Å²) in [4.78, 5) is 0. The molecule has 5 nitrogen and oxygen atoms in total. The van der Waals surface area contributed by atoms with Crippen LogP contribution in [0.15, 0.2) is 0 Å². The summed E-state index contributed by atoms with van der Waals surface area (Å²) in [5, 5.41) is 21.9. The number of hydrogen-bond donors (Lipinski definition) is 3. The molecule has 1 saturated heterocycles. The minimum atomic E-state index is -0.661. The summed E-state index contributed by atoms with van der Waals surface area (Å²) in [6.45, 7) is 1.72. The first kappa shape index (κ1) is 11.9. The van der Waals surface area contributed by atoms with E-state index in [1.54, 1.807) is 7.05 Å². The van der Waals surface area contributed by atoms with E-state index < -0.39 is 18.3 Å². The fourth-order valence-corrected chi connectivity index (χ4v) is 1.98. The molecule has 0 aromatic heterocycles. The molecule has 1 fully saturated rings. The third-order valence-corrected chi connectivity index (χ3v) is 2.75. The van der Waals surface area contributed by atoms with E-state index in [1.165, 1.54) is 7.11 Å². The van der Waals surface area contributed by atoms with Crippen molar-refractivity contribution < 1.29 is 19.7 Å². The second-order valence-corrected chi connectivity index (χ2v) is 3.57. The second kappa shape index (κ2) is 5.04. The van der Waals surface area contributed by atoms with E-state index >= 15 is 0 Å². The van der Waals surface area contributed by atoms with Crippen LogP contribution in [0.3, 0.4) is 0 Å². The highest BCUT2D eigenvalue weighted by molar-refractivity contribution is 4.94. The summed E-state index contributed by atoms with van der Waals surface area (Å²) in [6.07, 6.45) is -1.73. The van der Waals surface area contributed by atoms with Crippen LogP contribution in [0, 0.1) is 0 Å². The van der Waals surface area contributed by atoms with Crippen LogP contribution in [-0.2, 0) is 9.47 Å². The van der Waals surface area contributed by atoms with Gasteiger partial charge in [-0.15, -0.1) is 0 Å². The number of likely N-dealkylation sites (N-methyl/N-ethyl adjacent to an activating group) is 1. The molecule has 5 heteroatoms. The van der Waals surface area contributed by atoms with E-state index in [9.17, 15) is 5.11 Å². The van der Waals surface area contributed by atoms with Crippen LogP contribution in [0.25, 0.3) is 0 Å².